The summed E-state index contributed by atoms with van der Waals surface area (Å²) in [6.07, 6.45) is 1.82. The van der Waals surface area contributed by atoms with Crippen LogP contribution in [0.1, 0.15) is 6.92 Å². The van der Waals surface area contributed by atoms with Crippen LogP contribution in [0.5, 0.6) is 5.75 Å². The first-order valence-electron chi connectivity index (χ1n) is 10.3. The van der Waals surface area contributed by atoms with Crippen LogP contribution in [-0.4, -0.2) is 46.1 Å². The number of rotatable bonds is 7. The summed E-state index contributed by atoms with van der Waals surface area (Å²) in [5.41, 5.74) is 1.03. The first-order valence-corrected chi connectivity index (χ1v) is 13.4. The first kappa shape index (κ1) is 23.5. The summed E-state index contributed by atoms with van der Waals surface area (Å²) in [6, 6.07) is 15.3. The Balaban J connectivity index is 1.49. The number of hydrogen-bond donors (Lipinski definition) is 2. The number of fused-ring (bicyclic) bond motifs is 1. The highest BCUT2D eigenvalue weighted by atomic mass is 32.2. The molecular weight excluding hydrogens is 480 g/mol. The van der Waals surface area contributed by atoms with Gasteiger partial charge >= 0.3 is 0 Å². The molecule has 2 N–H and O–H groups in total. The van der Waals surface area contributed by atoms with Crippen LogP contribution in [-0.2, 0) is 24.8 Å². The highest BCUT2D eigenvalue weighted by Gasteiger charge is 2.36. The Hall–Kier alpha value is -3.64. The van der Waals surface area contributed by atoms with Gasteiger partial charge in [0, 0.05) is 11.9 Å². The number of ether oxygens (including phenoxy) is 1. The Morgan fingerprint density at radius 2 is 1.76 bits per heavy atom. The van der Waals surface area contributed by atoms with Gasteiger partial charge in [0.2, 0.25) is 10.0 Å². The number of pyridine rings is 1. The van der Waals surface area contributed by atoms with Gasteiger partial charge in [0.1, 0.15) is 5.75 Å². The van der Waals surface area contributed by atoms with E-state index in [4.69, 9.17) is 4.74 Å². The van der Waals surface area contributed by atoms with Crippen LogP contribution in [0.3, 0.4) is 0 Å². The van der Waals surface area contributed by atoms with Gasteiger partial charge in [-0.25, -0.2) is 16.8 Å². The molecule has 1 amide bonds. The number of aromatic nitrogens is 1. The van der Waals surface area contributed by atoms with Crippen molar-refractivity contribution in [3.05, 3.63) is 73.1 Å². The molecule has 1 aliphatic rings. The summed E-state index contributed by atoms with van der Waals surface area (Å²) in [4.78, 5) is 16.7. The van der Waals surface area contributed by atoms with Gasteiger partial charge in [0.15, 0.2) is 6.10 Å². The van der Waals surface area contributed by atoms with E-state index in [0.717, 1.165) is 0 Å². The van der Waals surface area contributed by atoms with E-state index in [1.54, 1.807) is 36.4 Å². The molecular formula is C22H22N4O6S2. The third-order valence-electron chi connectivity index (χ3n) is 5.07. The van der Waals surface area contributed by atoms with Crippen molar-refractivity contribution >= 4 is 43.0 Å². The Kier molecular flexibility index (Phi) is 6.44. The van der Waals surface area contributed by atoms with Crippen molar-refractivity contribution in [2.75, 3.05) is 26.6 Å². The molecule has 3 aromatic rings. The molecule has 2 heterocycles. The first-order chi connectivity index (χ1) is 16.2. The van der Waals surface area contributed by atoms with Crippen LogP contribution >= 0.6 is 0 Å². The number of nitrogens with one attached hydrogen (secondary N) is 2. The van der Waals surface area contributed by atoms with E-state index in [1.807, 2.05) is 0 Å². The molecule has 0 radical (unpaired) electrons. The fourth-order valence-corrected chi connectivity index (χ4v) is 5.50. The number of carbonyl (C=O) groups excluding carboxylic acids is 1. The molecule has 1 atom stereocenters. The smallest absolute Gasteiger partial charge is 0.267 e. The SMILES string of the molecule is CCS(=O)(=O)N1C[C@H](C(=O)Nc2ccc(S(=O)(=O)Nc3cccnc3)cc2)Oc2ccccc21. The predicted octanol–water partition coefficient (Wildman–Crippen LogP) is 2.44. The Morgan fingerprint density at radius 1 is 1.03 bits per heavy atom. The minimum Gasteiger partial charge on any atom is -0.476 e. The summed E-state index contributed by atoms with van der Waals surface area (Å²) >= 11 is 0. The molecule has 1 aliphatic heterocycles. The van der Waals surface area contributed by atoms with Crippen LogP contribution in [0.25, 0.3) is 0 Å². The van der Waals surface area contributed by atoms with Gasteiger partial charge in [-0.15, -0.1) is 0 Å². The molecule has 2 aromatic carbocycles. The molecule has 0 fully saturated rings. The molecule has 1 aromatic heterocycles. The van der Waals surface area contributed by atoms with Crippen molar-refractivity contribution in [3.8, 4) is 5.75 Å². The van der Waals surface area contributed by atoms with Gasteiger partial charge < -0.3 is 10.1 Å². The van der Waals surface area contributed by atoms with Gasteiger partial charge in [-0.1, -0.05) is 12.1 Å². The van der Waals surface area contributed by atoms with E-state index >= 15 is 0 Å². The molecule has 0 saturated heterocycles. The average Bonchev–Trinajstić information content (AvgIpc) is 2.84. The van der Waals surface area contributed by atoms with Gasteiger partial charge in [-0.05, 0) is 55.5 Å². The van der Waals surface area contributed by atoms with Crippen LogP contribution in [0.2, 0.25) is 0 Å². The number of carbonyl (C=O) groups is 1. The lowest BCUT2D eigenvalue weighted by Crippen LogP contribution is -2.49. The fraction of sp³-hybridized carbons (Fsp3) is 0.182. The van der Waals surface area contributed by atoms with Crippen molar-refractivity contribution in [3.63, 3.8) is 0 Å². The van der Waals surface area contributed by atoms with Crippen molar-refractivity contribution in [1.29, 1.82) is 0 Å². The monoisotopic (exact) mass is 502 g/mol. The Morgan fingerprint density at radius 3 is 2.44 bits per heavy atom. The standard InChI is InChI=1S/C22H22N4O6S2/c1-2-33(28,29)26-15-21(32-20-8-4-3-7-19(20)26)22(27)24-16-9-11-18(12-10-16)34(30,31)25-17-6-5-13-23-14-17/h3-14,21,25H,2,15H2,1H3,(H,24,27)/t21-/m1/s1. The second-order valence-corrected chi connectivity index (χ2v) is 11.2. The van der Waals surface area contributed by atoms with Crippen LogP contribution in [0.15, 0.2) is 78.0 Å². The summed E-state index contributed by atoms with van der Waals surface area (Å²) in [7, 11) is -7.47. The maximum absolute atomic E-state index is 12.9. The molecule has 0 aliphatic carbocycles. The van der Waals surface area contributed by atoms with Gasteiger partial charge in [-0.3, -0.25) is 18.8 Å². The Labute approximate surface area is 197 Å². The number of sulfonamides is 2. The predicted molar refractivity (Wildman–Crippen MR) is 128 cm³/mol. The number of anilines is 3. The molecule has 34 heavy (non-hydrogen) atoms. The van der Waals surface area contributed by atoms with E-state index in [0.29, 0.717) is 17.1 Å². The topological polar surface area (TPSA) is 135 Å². The molecule has 0 unspecified atom stereocenters. The maximum atomic E-state index is 12.9. The van der Waals surface area contributed by atoms with Crippen LogP contribution in [0, 0.1) is 0 Å². The summed E-state index contributed by atoms with van der Waals surface area (Å²) in [5.74, 6) is -0.401. The average molecular weight is 503 g/mol. The second kappa shape index (κ2) is 9.31. The number of hydrogen-bond acceptors (Lipinski definition) is 7. The lowest BCUT2D eigenvalue weighted by atomic mass is 10.2. The lowest BCUT2D eigenvalue weighted by Gasteiger charge is -2.34. The molecule has 0 bridgehead atoms. The van der Waals surface area contributed by atoms with Crippen molar-refractivity contribution < 1.29 is 26.4 Å². The quantitative estimate of drug-likeness (QED) is 0.507. The van der Waals surface area contributed by atoms with E-state index in [2.05, 4.69) is 15.0 Å². The van der Waals surface area contributed by atoms with Gasteiger partial charge in [0.25, 0.3) is 15.9 Å². The molecule has 0 spiro atoms. The third kappa shape index (κ3) is 4.97. The van der Waals surface area contributed by atoms with Gasteiger partial charge in [-0.2, -0.15) is 0 Å². The van der Waals surface area contributed by atoms with Crippen LogP contribution < -0.4 is 19.1 Å². The summed E-state index contributed by atoms with van der Waals surface area (Å²) < 4.78 is 59.6. The minimum absolute atomic E-state index is 0.00240. The zero-order chi connectivity index (χ0) is 24.3. The highest BCUT2D eigenvalue weighted by Crippen LogP contribution is 2.35. The highest BCUT2D eigenvalue weighted by molar-refractivity contribution is 7.93. The van der Waals surface area contributed by atoms with E-state index in [9.17, 15) is 21.6 Å². The number of nitrogens with zero attached hydrogens (tertiary/aromatic N) is 2. The van der Waals surface area contributed by atoms with Crippen LogP contribution in [0.4, 0.5) is 17.1 Å². The summed E-state index contributed by atoms with van der Waals surface area (Å²) in [5, 5.41) is 2.65. The number of amides is 1. The van der Waals surface area contributed by atoms with E-state index in [-0.39, 0.29) is 22.9 Å². The molecule has 10 nitrogen and oxygen atoms in total. The lowest BCUT2D eigenvalue weighted by molar-refractivity contribution is -0.122. The molecule has 0 saturated carbocycles. The van der Waals surface area contributed by atoms with Crippen molar-refractivity contribution in [2.24, 2.45) is 0 Å². The minimum atomic E-state index is -3.84. The van der Waals surface area contributed by atoms with E-state index < -0.39 is 32.1 Å². The third-order valence-corrected chi connectivity index (χ3v) is 8.22. The second-order valence-electron chi connectivity index (χ2n) is 7.37. The Bertz CT molecular complexity index is 1390. The van der Waals surface area contributed by atoms with Crippen molar-refractivity contribution in [2.45, 2.75) is 17.9 Å². The fourth-order valence-electron chi connectivity index (χ4n) is 3.34. The summed E-state index contributed by atoms with van der Waals surface area (Å²) in [6.45, 7) is 1.35. The maximum Gasteiger partial charge on any atom is 0.267 e. The normalized spacial score (nSPS) is 15.7. The molecule has 12 heteroatoms. The van der Waals surface area contributed by atoms with Gasteiger partial charge in [0.05, 0.1) is 34.8 Å². The largest absolute Gasteiger partial charge is 0.476 e. The number of para-hydroxylation sites is 2. The zero-order valence-corrected chi connectivity index (χ0v) is 19.7. The zero-order valence-electron chi connectivity index (χ0n) is 18.1. The molecule has 178 valence electrons. The van der Waals surface area contributed by atoms with Crippen molar-refractivity contribution in [1.82, 2.24) is 4.98 Å². The van der Waals surface area contributed by atoms with E-state index in [1.165, 1.54) is 47.9 Å². The number of benzene rings is 2. The molecule has 4 rings (SSSR count).